The Balaban J connectivity index is 1.45. The van der Waals surface area contributed by atoms with E-state index in [2.05, 4.69) is 0 Å². The van der Waals surface area contributed by atoms with Gasteiger partial charge in [0, 0.05) is 6.07 Å². The fourth-order valence-electron chi connectivity index (χ4n) is 4.69. The van der Waals surface area contributed by atoms with Crippen molar-refractivity contribution in [3.8, 4) is 17.2 Å². The van der Waals surface area contributed by atoms with Gasteiger partial charge in [0.2, 0.25) is 0 Å². The highest BCUT2D eigenvalue weighted by Gasteiger charge is 2.31. The van der Waals surface area contributed by atoms with Crippen LogP contribution in [0, 0.1) is 0 Å². The Labute approximate surface area is 224 Å². The highest BCUT2D eigenvalue weighted by atomic mass is 32.2. The van der Waals surface area contributed by atoms with E-state index in [1.807, 2.05) is 54.6 Å². The maximum absolute atomic E-state index is 13.6. The molecule has 1 aliphatic rings. The van der Waals surface area contributed by atoms with Gasteiger partial charge in [-0.05, 0) is 73.9 Å². The molecule has 1 saturated carbocycles. The van der Waals surface area contributed by atoms with Crippen LogP contribution in [-0.2, 0) is 27.7 Å². The Kier molecular flexibility index (Phi) is 9.29. The Morgan fingerprint density at radius 2 is 1.66 bits per heavy atom. The predicted molar refractivity (Wildman–Crippen MR) is 145 cm³/mol. The van der Waals surface area contributed by atoms with Crippen LogP contribution in [0.1, 0.15) is 49.7 Å². The van der Waals surface area contributed by atoms with Crippen LogP contribution >= 0.6 is 0 Å². The second-order valence-electron chi connectivity index (χ2n) is 9.56. The minimum atomic E-state index is -3.94. The third kappa shape index (κ3) is 7.28. The number of carboxylic acid groups (broad SMARTS) is 1. The third-order valence-corrected chi connectivity index (χ3v) is 9.02. The quantitative estimate of drug-likeness (QED) is 0.292. The van der Waals surface area contributed by atoms with Gasteiger partial charge in [-0.25, -0.2) is 8.42 Å². The molecule has 3 aromatic carbocycles. The zero-order valence-electron chi connectivity index (χ0n) is 21.5. The number of carboxylic acids is 1. The molecule has 0 amide bonds. The standard InChI is InChI=1S/C30H34O7S/c1-35-28-18-17-26(19-29(28)37-25-9-5-6-10-25)38(33,34)27(20-30(31)32)16-13-22-11-14-24(15-12-22)36-21-23-7-3-2-4-8-23/h2-4,7-8,11-12,14-15,17-19,25,27H,5-6,9-10,13,16,20-21H2,1H3,(H,31,32). The number of carbonyl (C=O) groups is 1. The summed E-state index contributed by atoms with van der Waals surface area (Å²) in [7, 11) is -2.43. The summed E-state index contributed by atoms with van der Waals surface area (Å²) in [6.07, 6.45) is 4.11. The van der Waals surface area contributed by atoms with Gasteiger partial charge in [0.05, 0.1) is 29.8 Å². The van der Waals surface area contributed by atoms with E-state index in [9.17, 15) is 18.3 Å². The fraction of sp³-hybridized carbons (Fsp3) is 0.367. The Bertz CT molecular complexity index is 1300. The number of aryl methyl sites for hydroxylation is 1. The first-order valence-corrected chi connectivity index (χ1v) is 14.5. The molecule has 1 N–H and O–H groups in total. The molecule has 1 fully saturated rings. The fourth-order valence-corrected chi connectivity index (χ4v) is 6.39. The molecule has 3 aromatic rings. The summed E-state index contributed by atoms with van der Waals surface area (Å²) in [4.78, 5) is 11.6. The van der Waals surface area contributed by atoms with E-state index in [4.69, 9.17) is 14.2 Å². The van der Waals surface area contributed by atoms with Crippen molar-refractivity contribution in [2.75, 3.05) is 7.11 Å². The van der Waals surface area contributed by atoms with E-state index in [1.54, 1.807) is 6.07 Å². The van der Waals surface area contributed by atoms with Gasteiger partial charge in [0.15, 0.2) is 21.3 Å². The molecular formula is C30H34O7S. The number of ether oxygens (including phenoxy) is 3. The second kappa shape index (κ2) is 12.8. The lowest BCUT2D eigenvalue weighted by molar-refractivity contribution is -0.137. The molecule has 1 aliphatic carbocycles. The van der Waals surface area contributed by atoms with Gasteiger partial charge < -0.3 is 19.3 Å². The average Bonchev–Trinajstić information content (AvgIpc) is 3.44. The lowest BCUT2D eigenvalue weighted by atomic mass is 10.1. The summed E-state index contributed by atoms with van der Waals surface area (Å²) < 4.78 is 44.4. The van der Waals surface area contributed by atoms with Crippen LogP contribution in [-0.4, -0.2) is 38.0 Å². The van der Waals surface area contributed by atoms with Crippen molar-refractivity contribution in [2.24, 2.45) is 0 Å². The van der Waals surface area contributed by atoms with Crippen LogP contribution in [0.15, 0.2) is 77.7 Å². The molecule has 0 spiro atoms. The van der Waals surface area contributed by atoms with E-state index in [-0.39, 0.29) is 17.4 Å². The molecule has 4 rings (SSSR count). The molecule has 202 valence electrons. The molecule has 0 saturated heterocycles. The first-order chi connectivity index (χ1) is 18.3. The normalized spacial score (nSPS) is 14.7. The van der Waals surface area contributed by atoms with Crippen molar-refractivity contribution >= 4 is 15.8 Å². The Morgan fingerprint density at radius 1 is 0.947 bits per heavy atom. The zero-order chi connectivity index (χ0) is 27.0. The van der Waals surface area contributed by atoms with Crippen LogP contribution in [0.3, 0.4) is 0 Å². The lowest BCUT2D eigenvalue weighted by Gasteiger charge is -2.19. The molecule has 0 heterocycles. The first-order valence-electron chi connectivity index (χ1n) is 12.9. The van der Waals surface area contributed by atoms with Gasteiger partial charge in [-0.2, -0.15) is 0 Å². The van der Waals surface area contributed by atoms with Gasteiger partial charge in [0.1, 0.15) is 12.4 Å². The highest BCUT2D eigenvalue weighted by Crippen LogP contribution is 2.35. The molecular weight excluding hydrogens is 504 g/mol. The minimum absolute atomic E-state index is 0.0244. The number of hydrogen-bond acceptors (Lipinski definition) is 6. The monoisotopic (exact) mass is 538 g/mol. The van der Waals surface area contributed by atoms with E-state index in [0.29, 0.717) is 30.3 Å². The largest absolute Gasteiger partial charge is 0.493 e. The summed E-state index contributed by atoms with van der Waals surface area (Å²) >= 11 is 0. The molecule has 38 heavy (non-hydrogen) atoms. The van der Waals surface area contributed by atoms with Crippen molar-refractivity contribution in [3.05, 3.63) is 83.9 Å². The van der Waals surface area contributed by atoms with Gasteiger partial charge in [-0.1, -0.05) is 42.5 Å². The van der Waals surface area contributed by atoms with Crippen molar-refractivity contribution in [1.82, 2.24) is 0 Å². The maximum Gasteiger partial charge on any atom is 0.304 e. The number of hydrogen-bond donors (Lipinski definition) is 1. The summed E-state index contributed by atoms with van der Waals surface area (Å²) in [5.74, 6) is 0.389. The van der Waals surface area contributed by atoms with Crippen molar-refractivity contribution in [1.29, 1.82) is 0 Å². The van der Waals surface area contributed by atoms with E-state index >= 15 is 0 Å². The summed E-state index contributed by atoms with van der Waals surface area (Å²) in [6.45, 7) is 0.452. The van der Waals surface area contributed by atoms with Gasteiger partial charge in [0.25, 0.3) is 0 Å². The van der Waals surface area contributed by atoms with E-state index in [1.165, 1.54) is 19.2 Å². The van der Waals surface area contributed by atoms with Crippen LogP contribution in [0.2, 0.25) is 0 Å². The van der Waals surface area contributed by atoms with Crippen LogP contribution in [0.4, 0.5) is 0 Å². The van der Waals surface area contributed by atoms with Gasteiger partial charge in [-0.3, -0.25) is 4.79 Å². The molecule has 0 aliphatic heterocycles. The summed E-state index contributed by atoms with van der Waals surface area (Å²) in [5.41, 5.74) is 1.97. The van der Waals surface area contributed by atoms with Gasteiger partial charge in [-0.15, -0.1) is 0 Å². The van der Waals surface area contributed by atoms with E-state index in [0.717, 1.165) is 36.8 Å². The van der Waals surface area contributed by atoms with Crippen LogP contribution in [0.25, 0.3) is 0 Å². The van der Waals surface area contributed by atoms with Crippen molar-refractivity contribution in [3.63, 3.8) is 0 Å². The number of sulfone groups is 1. The predicted octanol–water partition coefficient (Wildman–Crippen LogP) is 5.85. The SMILES string of the molecule is COc1ccc(S(=O)(=O)C(CCc2ccc(OCc3ccccc3)cc2)CC(=O)O)cc1OC1CCCC1. The lowest BCUT2D eigenvalue weighted by Crippen LogP contribution is -2.25. The van der Waals surface area contributed by atoms with Crippen LogP contribution < -0.4 is 14.2 Å². The Morgan fingerprint density at radius 3 is 2.32 bits per heavy atom. The third-order valence-electron chi connectivity index (χ3n) is 6.83. The topological polar surface area (TPSA) is 99.1 Å². The minimum Gasteiger partial charge on any atom is -0.493 e. The maximum atomic E-state index is 13.6. The highest BCUT2D eigenvalue weighted by molar-refractivity contribution is 7.92. The molecule has 0 radical (unpaired) electrons. The molecule has 0 aromatic heterocycles. The Hall–Kier alpha value is -3.52. The van der Waals surface area contributed by atoms with Crippen molar-refractivity contribution < 1.29 is 32.5 Å². The first kappa shape index (κ1) is 27.5. The number of rotatable bonds is 13. The average molecular weight is 539 g/mol. The molecule has 8 heteroatoms. The number of aliphatic carboxylic acids is 1. The second-order valence-corrected chi connectivity index (χ2v) is 11.8. The molecule has 1 unspecified atom stereocenters. The summed E-state index contributed by atoms with van der Waals surface area (Å²) in [6, 6.07) is 21.8. The smallest absolute Gasteiger partial charge is 0.304 e. The number of benzene rings is 3. The van der Waals surface area contributed by atoms with Gasteiger partial charge >= 0.3 is 5.97 Å². The number of methoxy groups -OCH3 is 1. The van der Waals surface area contributed by atoms with Crippen LogP contribution in [0.5, 0.6) is 17.2 Å². The summed E-state index contributed by atoms with van der Waals surface area (Å²) in [5, 5.41) is 8.40. The molecule has 1 atom stereocenters. The van der Waals surface area contributed by atoms with E-state index < -0.39 is 27.5 Å². The molecule has 0 bridgehead atoms. The molecule has 7 nitrogen and oxygen atoms in total. The zero-order valence-corrected chi connectivity index (χ0v) is 22.4. The van der Waals surface area contributed by atoms with Crippen molar-refractivity contribution in [2.45, 2.75) is 67.8 Å².